The Bertz CT molecular complexity index is 428. The van der Waals surface area contributed by atoms with Gasteiger partial charge in [-0.25, -0.2) is 0 Å². The highest BCUT2D eigenvalue weighted by Gasteiger charge is 2.32. The third-order valence-electron chi connectivity index (χ3n) is 3.03. The van der Waals surface area contributed by atoms with Crippen molar-refractivity contribution in [3.63, 3.8) is 0 Å². The van der Waals surface area contributed by atoms with Gasteiger partial charge in [0.15, 0.2) is 0 Å². The van der Waals surface area contributed by atoms with Crippen molar-refractivity contribution in [3.05, 3.63) is 29.3 Å². The molecule has 0 aliphatic carbocycles. The molecule has 0 fully saturated rings. The van der Waals surface area contributed by atoms with Gasteiger partial charge in [-0.05, 0) is 24.6 Å². The van der Waals surface area contributed by atoms with Gasteiger partial charge in [-0.2, -0.15) is 13.2 Å². The Morgan fingerprint density at radius 1 is 1.16 bits per heavy atom. The van der Waals surface area contributed by atoms with E-state index in [0.717, 1.165) is 6.07 Å². The molecule has 0 atom stereocenters. The number of aryl methyl sites for hydroxylation is 1. The molecule has 1 rings (SSSR count). The minimum atomic E-state index is -4.39. The second-order valence-corrected chi connectivity index (χ2v) is 5.01. The van der Waals surface area contributed by atoms with Crippen molar-refractivity contribution in [3.8, 4) is 0 Å². The molecule has 0 radical (unpaired) electrons. The first-order valence-electron chi connectivity index (χ1n) is 5.85. The van der Waals surface area contributed by atoms with Crippen molar-refractivity contribution in [2.45, 2.75) is 20.0 Å². The van der Waals surface area contributed by atoms with E-state index in [4.69, 9.17) is 10.2 Å². The minimum Gasteiger partial charge on any atom is -0.396 e. The lowest BCUT2D eigenvalue weighted by Crippen LogP contribution is -2.34. The first kappa shape index (κ1) is 15.8. The summed E-state index contributed by atoms with van der Waals surface area (Å²) >= 11 is 0. The Morgan fingerprint density at radius 2 is 1.74 bits per heavy atom. The van der Waals surface area contributed by atoms with Gasteiger partial charge in [-0.15, -0.1) is 0 Å². The van der Waals surface area contributed by atoms with Crippen molar-refractivity contribution < 1.29 is 23.4 Å². The minimum absolute atomic E-state index is 0.158. The summed E-state index contributed by atoms with van der Waals surface area (Å²) in [6.45, 7) is 2.71. The maximum Gasteiger partial charge on any atom is 0.416 e. The molecule has 0 bridgehead atoms. The molecule has 108 valence electrons. The van der Waals surface area contributed by atoms with Gasteiger partial charge in [0.1, 0.15) is 0 Å². The lowest BCUT2D eigenvalue weighted by atomic mass is 9.93. The van der Waals surface area contributed by atoms with Crippen LogP contribution in [0.25, 0.3) is 0 Å². The van der Waals surface area contributed by atoms with Crippen LogP contribution in [0, 0.1) is 12.3 Å². The van der Waals surface area contributed by atoms with Crippen LogP contribution in [0.15, 0.2) is 18.2 Å². The molecule has 19 heavy (non-hydrogen) atoms. The van der Waals surface area contributed by atoms with Crippen LogP contribution < -0.4 is 5.32 Å². The van der Waals surface area contributed by atoms with Crippen molar-refractivity contribution in [1.29, 1.82) is 0 Å². The van der Waals surface area contributed by atoms with Crippen molar-refractivity contribution >= 4 is 5.69 Å². The first-order valence-corrected chi connectivity index (χ1v) is 5.85. The van der Waals surface area contributed by atoms with E-state index < -0.39 is 17.2 Å². The zero-order valence-electron chi connectivity index (χ0n) is 10.9. The standard InChI is InChI=1S/C13H18F3NO2/c1-9-3-4-10(5-11(9)13(14,15)16)17-6-12(2,7-18)8-19/h3-5,17-19H,6-8H2,1-2H3. The van der Waals surface area contributed by atoms with Gasteiger partial charge in [0.05, 0.1) is 18.8 Å². The fraction of sp³-hybridized carbons (Fsp3) is 0.538. The van der Waals surface area contributed by atoms with E-state index in [1.165, 1.54) is 13.0 Å². The summed E-state index contributed by atoms with van der Waals surface area (Å²) in [6.07, 6.45) is -4.39. The Morgan fingerprint density at radius 3 is 2.21 bits per heavy atom. The quantitative estimate of drug-likeness (QED) is 0.774. The van der Waals surface area contributed by atoms with Gasteiger partial charge in [-0.1, -0.05) is 13.0 Å². The van der Waals surface area contributed by atoms with Crippen LogP contribution in [0.3, 0.4) is 0 Å². The number of aliphatic hydroxyl groups is 2. The zero-order valence-corrected chi connectivity index (χ0v) is 10.9. The topological polar surface area (TPSA) is 52.5 Å². The number of aliphatic hydroxyl groups excluding tert-OH is 2. The number of anilines is 1. The predicted molar refractivity (Wildman–Crippen MR) is 66.9 cm³/mol. The van der Waals surface area contributed by atoms with Crippen LogP contribution in [0.4, 0.5) is 18.9 Å². The van der Waals surface area contributed by atoms with E-state index in [1.54, 1.807) is 13.0 Å². The van der Waals surface area contributed by atoms with Gasteiger partial charge in [0, 0.05) is 17.6 Å². The van der Waals surface area contributed by atoms with Gasteiger partial charge in [-0.3, -0.25) is 0 Å². The van der Waals surface area contributed by atoms with Crippen molar-refractivity contribution in [1.82, 2.24) is 0 Å². The monoisotopic (exact) mass is 277 g/mol. The second-order valence-electron chi connectivity index (χ2n) is 5.01. The van der Waals surface area contributed by atoms with E-state index in [1.807, 2.05) is 0 Å². The maximum atomic E-state index is 12.7. The fourth-order valence-corrected chi connectivity index (χ4v) is 1.51. The molecule has 6 heteroatoms. The highest BCUT2D eigenvalue weighted by molar-refractivity contribution is 5.49. The number of rotatable bonds is 5. The SMILES string of the molecule is Cc1ccc(NCC(C)(CO)CO)cc1C(F)(F)F. The molecule has 3 nitrogen and oxygen atoms in total. The van der Waals surface area contributed by atoms with E-state index in [2.05, 4.69) is 5.32 Å². The van der Waals surface area contributed by atoms with E-state index >= 15 is 0 Å². The van der Waals surface area contributed by atoms with Crippen LogP contribution in [-0.4, -0.2) is 30.0 Å². The Balaban J connectivity index is 2.87. The maximum absolute atomic E-state index is 12.7. The summed E-state index contributed by atoms with van der Waals surface area (Å²) in [7, 11) is 0. The van der Waals surface area contributed by atoms with Crippen LogP contribution >= 0.6 is 0 Å². The summed E-state index contributed by atoms with van der Waals surface area (Å²) in [5.41, 5.74) is -0.994. The number of hydrogen-bond acceptors (Lipinski definition) is 3. The molecule has 0 aliphatic heterocycles. The Kier molecular flexibility index (Phi) is 4.81. The summed E-state index contributed by atoms with van der Waals surface area (Å²) in [5.74, 6) is 0. The fourth-order valence-electron chi connectivity index (χ4n) is 1.51. The number of benzene rings is 1. The highest BCUT2D eigenvalue weighted by Crippen LogP contribution is 2.33. The number of nitrogens with one attached hydrogen (secondary N) is 1. The molecule has 0 amide bonds. The molecule has 0 aromatic heterocycles. The van der Waals surface area contributed by atoms with Gasteiger partial charge < -0.3 is 15.5 Å². The molecule has 0 unspecified atom stereocenters. The van der Waals surface area contributed by atoms with Gasteiger partial charge in [0.2, 0.25) is 0 Å². The molecule has 3 N–H and O–H groups in total. The van der Waals surface area contributed by atoms with Crippen LogP contribution in [-0.2, 0) is 6.18 Å². The Hall–Kier alpha value is -1.27. The lowest BCUT2D eigenvalue weighted by molar-refractivity contribution is -0.138. The van der Waals surface area contributed by atoms with Crippen molar-refractivity contribution in [2.75, 3.05) is 25.1 Å². The summed E-state index contributed by atoms with van der Waals surface area (Å²) in [6, 6.07) is 3.96. The average Bonchev–Trinajstić information content (AvgIpc) is 2.36. The molecule has 1 aromatic carbocycles. The Labute approximate surface area is 110 Å². The summed E-state index contributed by atoms with van der Waals surface area (Å²) < 4.78 is 38.2. The van der Waals surface area contributed by atoms with Crippen LogP contribution in [0.5, 0.6) is 0 Å². The normalized spacial score (nSPS) is 12.6. The number of alkyl halides is 3. The third-order valence-corrected chi connectivity index (χ3v) is 3.03. The predicted octanol–water partition coefficient (Wildman–Crippen LogP) is 2.42. The molecule has 0 saturated heterocycles. The molecule has 0 spiro atoms. The largest absolute Gasteiger partial charge is 0.416 e. The molecule has 1 aromatic rings. The molecule has 0 aliphatic rings. The number of halogens is 3. The highest BCUT2D eigenvalue weighted by atomic mass is 19.4. The van der Waals surface area contributed by atoms with Gasteiger partial charge >= 0.3 is 6.18 Å². The van der Waals surface area contributed by atoms with E-state index in [0.29, 0.717) is 5.69 Å². The molecular weight excluding hydrogens is 259 g/mol. The summed E-state index contributed by atoms with van der Waals surface area (Å²) in [4.78, 5) is 0. The first-order chi connectivity index (χ1) is 8.72. The van der Waals surface area contributed by atoms with Crippen LogP contribution in [0.2, 0.25) is 0 Å². The molecular formula is C13H18F3NO2. The third kappa shape index (κ3) is 4.11. The summed E-state index contributed by atoms with van der Waals surface area (Å²) in [5, 5.41) is 21.0. The number of hydrogen-bond donors (Lipinski definition) is 3. The van der Waals surface area contributed by atoms with E-state index in [9.17, 15) is 13.2 Å². The van der Waals surface area contributed by atoms with Crippen LogP contribution in [0.1, 0.15) is 18.1 Å². The average molecular weight is 277 g/mol. The zero-order chi connectivity index (χ0) is 14.7. The molecule has 0 heterocycles. The van der Waals surface area contributed by atoms with Crippen molar-refractivity contribution in [2.24, 2.45) is 5.41 Å². The smallest absolute Gasteiger partial charge is 0.396 e. The molecule has 0 saturated carbocycles. The lowest BCUT2D eigenvalue weighted by Gasteiger charge is -2.25. The second kappa shape index (κ2) is 5.79. The van der Waals surface area contributed by atoms with E-state index in [-0.39, 0.29) is 25.3 Å². The van der Waals surface area contributed by atoms with Gasteiger partial charge in [0.25, 0.3) is 0 Å².